The number of nitrogens with one attached hydrogen (secondary N) is 1. The summed E-state index contributed by atoms with van der Waals surface area (Å²) in [7, 11) is 0. The van der Waals surface area contributed by atoms with E-state index >= 15 is 0 Å². The predicted molar refractivity (Wildman–Crippen MR) is 140 cm³/mol. The zero-order valence-electron chi connectivity index (χ0n) is 20.9. The summed E-state index contributed by atoms with van der Waals surface area (Å²) in [4.78, 5) is 24.3. The first-order valence-electron chi connectivity index (χ1n) is 12.2. The van der Waals surface area contributed by atoms with Crippen molar-refractivity contribution in [1.82, 2.24) is 5.16 Å². The summed E-state index contributed by atoms with van der Waals surface area (Å²) in [5.41, 5.74) is 4.68. The van der Waals surface area contributed by atoms with Gasteiger partial charge in [0, 0.05) is 11.1 Å². The quantitative estimate of drug-likeness (QED) is 0.288. The van der Waals surface area contributed by atoms with Gasteiger partial charge in [-0.15, -0.1) is 0 Å². The number of ether oxygens (including phenoxy) is 1. The van der Waals surface area contributed by atoms with Gasteiger partial charge in [0.1, 0.15) is 17.5 Å². The SMILES string of the molecule is Cc1onc(-c2ccc(-c3ccc(C4(C(=O)O)CC4)cc3)cc2)c1NC(=O)O[C@H](C)c1ccccc1C#N. The summed E-state index contributed by atoms with van der Waals surface area (Å²) in [6.07, 6.45) is 0.0159. The smallest absolute Gasteiger partial charge is 0.412 e. The van der Waals surface area contributed by atoms with Crippen LogP contribution in [-0.4, -0.2) is 22.3 Å². The van der Waals surface area contributed by atoms with Gasteiger partial charge < -0.3 is 14.4 Å². The maximum atomic E-state index is 12.7. The predicted octanol–water partition coefficient (Wildman–Crippen LogP) is 6.61. The van der Waals surface area contributed by atoms with E-state index in [1.165, 1.54) is 0 Å². The number of benzene rings is 3. The maximum absolute atomic E-state index is 12.7. The number of carbonyl (C=O) groups excluding carboxylic acids is 1. The van der Waals surface area contributed by atoms with Crippen LogP contribution in [0.1, 0.15) is 48.3 Å². The van der Waals surface area contributed by atoms with E-state index < -0.39 is 23.6 Å². The largest absolute Gasteiger partial charge is 0.481 e. The van der Waals surface area contributed by atoms with Gasteiger partial charge in [0.25, 0.3) is 0 Å². The molecule has 190 valence electrons. The number of amides is 1. The molecule has 38 heavy (non-hydrogen) atoms. The van der Waals surface area contributed by atoms with E-state index in [-0.39, 0.29) is 0 Å². The highest BCUT2D eigenvalue weighted by Gasteiger charge is 2.51. The van der Waals surface area contributed by atoms with E-state index in [9.17, 15) is 20.0 Å². The van der Waals surface area contributed by atoms with E-state index in [1.54, 1.807) is 38.1 Å². The summed E-state index contributed by atoms with van der Waals surface area (Å²) >= 11 is 0. The standard InChI is InChI=1S/C30H25N3O5/c1-18(25-6-4-3-5-23(25)17-31)37-29(36)32-26-19(2)38-33-27(26)22-9-7-20(8-10-22)21-11-13-24(14-12-21)30(15-16-30)28(34)35/h3-14,18H,15-16H2,1-2H3,(H,32,36)(H,34,35)/t18-/m1/s1. The van der Waals surface area contributed by atoms with Crippen molar-refractivity contribution in [2.75, 3.05) is 5.32 Å². The molecule has 5 rings (SSSR count). The lowest BCUT2D eigenvalue weighted by Crippen LogP contribution is -2.19. The molecule has 0 aliphatic heterocycles. The molecule has 1 saturated carbocycles. The van der Waals surface area contributed by atoms with Crippen LogP contribution in [0.25, 0.3) is 22.4 Å². The molecule has 1 aliphatic carbocycles. The van der Waals surface area contributed by atoms with Gasteiger partial charge in [-0.25, -0.2) is 4.79 Å². The van der Waals surface area contributed by atoms with Crippen LogP contribution in [0.5, 0.6) is 0 Å². The number of aromatic nitrogens is 1. The van der Waals surface area contributed by atoms with Crippen LogP contribution >= 0.6 is 0 Å². The molecule has 1 aromatic heterocycles. The minimum atomic E-state index is -0.771. The van der Waals surface area contributed by atoms with E-state index in [0.717, 1.165) is 22.3 Å². The van der Waals surface area contributed by atoms with Crippen LogP contribution in [0.15, 0.2) is 77.3 Å². The molecule has 8 nitrogen and oxygen atoms in total. The molecule has 0 bridgehead atoms. The van der Waals surface area contributed by atoms with Crippen LogP contribution in [0, 0.1) is 18.3 Å². The summed E-state index contributed by atoms with van der Waals surface area (Å²) in [6, 6.07) is 24.3. The molecule has 1 atom stereocenters. The molecular weight excluding hydrogens is 482 g/mol. The summed E-state index contributed by atoms with van der Waals surface area (Å²) in [6.45, 7) is 3.40. The number of hydrogen-bond donors (Lipinski definition) is 2. The second-order valence-corrected chi connectivity index (χ2v) is 9.38. The molecule has 0 unspecified atom stereocenters. The summed E-state index contributed by atoms with van der Waals surface area (Å²) < 4.78 is 10.9. The number of nitrogens with zero attached hydrogens (tertiary/aromatic N) is 2. The Hall–Kier alpha value is -4.90. The lowest BCUT2D eigenvalue weighted by molar-refractivity contribution is -0.140. The normalized spacial score (nSPS) is 14.2. The zero-order chi connectivity index (χ0) is 26.9. The van der Waals surface area contributed by atoms with Crippen molar-refractivity contribution in [1.29, 1.82) is 5.26 Å². The fraction of sp³-hybridized carbons (Fsp3) is 0.200. The molecule has 2 N–H and O–H groups in total. The number of aliphatic carboxylic acids is 1. The molecule has 4 aromatic rings. The molecular formula is C30H25N3O5. The van der Waals surface area contributed by atoms with Gasteiger partial charge in [-0.1, -0.05) is 71.9 Å². The highest BCUT2D eigenvalue weighted by Crippen LogP contribution is 2.48. The number of carbonyl (C=O) groups is 2. The van der Waals surface area contributed by atoms with Crippen molar-refractivity contribution in [3.8, 4) is 28.5 Å². The van der Waals surface area contributed by atoms with Crippen LogP contribution < -0.4 is 5.32 Å². The van der Waals surface area contributed by atoms with E-state index in [4.69, 9.17) is 9.26 Å². The second kappa shape index (κ2) is 9.87. The lowest BCUT2D eigenvalue weighted by atomic mass is 9.93. The highest BCUT2D eigenvalue weighted by molar-refractivity contribution is 5.91. The molecule has 0 radical (unpaired) electrons. The van der Waals surface area contributed by atoms with Gasteiger partial charge in [-0.3, -0.25) is 10.1 Å². The van der Waals surface area contributed by atoms with Crippen molar-refractivity contribution in [2.45, 2.75) is 38.2 Å². The molecule has 3 aromatic carbocycles. The van der Waals surface area contributed by atoms with Crippen molar-refractivity contribution in [3.63, 3.8) is 0 Å². The zero-order valence-corrected chi connectivity index (χ0v) is 20.9. The van der Waals surface area contributed by atoms with E-state index in [0.29, 0.717) is 41.1 Å². The monoisotopic (exact) mass is 507 g/mol. The third-order valence-corrected chi connectivity index (χ3v) is 6.98. The first-order valence-corrected chi connectivity index (χ1v) is 12.2. The topological polar surface area (TPSA) is 125 Å². The average molecular weight is 508 g/mol. The van der Waals surface area contributed by atoms with Gasteiger partial charge >= 0.3 is 12.1 Å². The van der Waals surface area contributed by atoms with Crippen LogP contribution in [0.4, 0.5) is 10.5 Å². The molecule has 1 fully saturated rings. The van der Waals surface area contributed by atoms with Gasteiger partial charge in [-0.2, -0.15) is 5.26 Å². The number of carboxylic acids is 1. The molecule has 1 aliphatic rings. The van der Waals surface area contributed by atoms with Crippen LogP contribution in [0.2, 0.25) is 0 Å². The Labute approximate surface area is 219 Å². The summed E-state index contributed by atoms with van der Waals surface area (Å²) in [5.74, 6) is -0.346. The third kappa shape index (κ3) is 4.62. The number of rotatable bonds is 7. The van der Waals surface area contributed by atoms with Gasteiger partial charge in [-0.05, 0) is 49.4 Å². The van der Waals surface area contributed by atoms with Crippen molar-refractivity contribution in [2.24, 2.45) is 0 Å². The molecule has 0 spiro atoms. The molecule has 8 heteroatoms. The Bertz CT molecular complexity index is 1540. The van der Waals surface area contributed by atoms with Gasteiger partial charge in [0.15, 0.2) is 5.76 Å². The first kappa shape index (κ1) is 24.8. The molecule has 1 heterocycles. The van der Waals surface area contributed by atoms with Crippen molar-refractivity contribution >= 4 is 17.7 Å². The number of nitriles is 1. The Morgan fingerprint density at radius 3 is 2.24 bits per heavy atom. The first-order chi connectivity index (χ1) is 18.3. The maximum Gasteiger partial charge on any atom is 0.412 e. The van der Waals surface area contributed by atoms with Crippen LogP contribution in [-0.2, 0) is 14.9 Å². The Morgan fingerprint density at radius 1 is 1.03 bits per heavy atom. The molecule has 1 amide bonds. The summed E-state index contributed by atoms with van der Waals surface area (Å²) in [5, 5.41) is 25.7. The minimum absolute atomic E-state index is 0.399. The number of anilines is 1. The van der Waals surface area contributed by atoms with E-state index in [1.807, 2.05) is 48.5 Å². The number of aryl methyl sites for hydroxylation is 1. The highest BCUT2D eigenvalue weighted by atomic mass is 16.6. The number of hydrogen-bond acceptors (Lipinski definition) is 6. The van der Waals surface area contributed by atoms with Crippen molar-refractivity contribution in [3.05, 3.63) is 95.2 Å². The second-order valence-electron chi connectivity index (χ2n) is 9.38. The van der Waals surface area contributed by atoms with Gasteiger partial charge in [0.05, 0.1) is 17.0 Å². The Morgan fingerprint density at radius 2 is 1.63 bits per heavy atom. The fourth-order valence-electron chi connectivity index (χ4n) is 4.58. The lowest BCUT2D eigenvalue weighted by Gasteiger charge is -2.15. The van der Waals surface area contributed by atoms with Crippen LogP contribution in [0.3, 0.4) is 0 Å². The molecule has 0 saturated heterocycles. The van der Waals surface area contributed by atoms with Crippen molar-refractivity contribution < 1.29 is 24.0 Å². The fourth-order valence-corrected chi connectivity index (χ4v) is 4.58. The third-order valence-electron chi connectivity index (χ3n) is 6.98. The number of carboxylic acid groups (broad SMARTS) is 1. The Balaban J connectivity index is 1.30. The minimum Gasteiger partial charge on any atom is -0.481 e. The van der Waals surface area contributed by atoms with Gasteiger partial charge in [0.2, 0.25) is 0 Å². The average Bonchev–Trinajstić information content (AvgIpc) is 3.68. The van der Waals surface area contributed by atoms with E-state index in [2.05, 4.69) is 16.5 Å². The Kier molecular flexibility index (Phi) is 6.43.